The first kappa shape index (κ1) is 20.5. The van der Waals surface area contributed by atoms with Crippen molar-refractivity contribution in [1.82, 2.24) is 24.4 Å². The number of thiophene rings is 1. The molecule has 0 bridgehead atoms. The first-order chi connectivity index (χ1) is 15.1. The Bertz CT molecular complexity index is 1230. The van der Waals surface area contributed by atoms with Crippen LogP contribution in [0.2, 0.25) is 10.0 Å². The standard InChI is InChI=1S/C22H19Cl2N5OS/c23-17-4-3-15(12-18(17)24)14-27-7-9-28(10-8-27)22(30)16-13-26-29-19(5-6-25-21(16)29)20-2-1-11-31-20/h1-6,11-13H,7-10,14H2. The minimum atomic E-state index is -0.0278. The number of amides is 1. The van der Waals surface area contributed by atoms with E-state index in [1.165, 1.54) is 0 Å². The van der Waals surface area contributed by atoms with Gasteiger partial charge in [0.05, 0.1) is 26.8 Å². The first-order valence-electron chi connectivity index (χ1n) is 9.92. The fraction of sp³-hybridized carbons (Fsp3) is 0.227. The van der Waals surface area contributed by atoms with E-state index in [2.05, 4.69) is 15.0 Å². The van der Waals surface area contributed by atoms with Crippen LogP contribution in [-0.2, 0) is 6.54 Å². The van der Waals surface area contributed by atoms with Crippen molar-refractivity contribution in [2.24, 2.45) is 0 Å². The number of nitrogens with zero attached hydrogens (tertiary/aromatic N) is 5. The van der Waals surface area contributed by atoms with E-state index in [0.29, 0.717) is 34.3 Å². The molecule has 0 radical (unpaired) electrons. The summed E-state index contributed by atoms with van der Waals surface area (Å²) in [4.78, 5) is 22.9. The third-order valence-corrected chi connectivity index (χ3v) is 7.09. The Hall–Kier alpha value is -2.45. The molecule has 1 aromatic carbocycles. The topological polar surface area (TPSA) is 53.7 Å². The number of aromatic nitrogens is 3. The monoisotopic (exact) mass is 471 g/mol. The number of halogens is 2. The van der Waals surface area contributed by atoms with Crippen LogP contribution in [-0.4, -0.2) is 56.5 Å². The lowest BCUT2D eigenvalue weighted by Gasteiger charge is -2.34. The van der Waals surface area contributed by atoms with Crippen LogP contribution in [0.25, 0.3) is 16.2 Å². The summed E-state index contributed by atoms with van der Waals surface area (Å²) in [5, 5.41) is 7.60. The number of carbonyl (C=O) groups is 1. The van der Waals surface area contributed by atoms with Crippen molar-refractivity contribution in [2.45, 2.75) is 6.54 Å². The zero-order chi connectivity index (χ0) is 21.4. The van der Waals surface area contributed by atoms with Crippen LogP contribution in [0.3, 0.4) is 0 Å². The maximum atomic E-state index is 13.2. The molecule has 9 heteroatoms. The van der Waals surface area contributed by atoms with Crippen LogP contribution >= 0.6 is 34.5 Å². The molecular weight excluding hydrogens is 453 g/mol. The van der Waals surface area contributed by atoms with Crippen LogP contribution in [0.1, 0.15) is 15.9 Å². The van der Waals surface area contributed by atoms with Crippen LogP contribution in [0.4, 0.5) is 0 Å². The fourth-order valence-electron chi connectivity index (χ4n) is 3.83. The van der Waals surface area contributed by atoms with E-state index in [1.54, 1.807) is 28.2 Å². The maximum absolute atomic E-state index is 13.2. The quantitative estimate of drug-likeness (QED) is 0.431. The number of benzene rings is 1. The second-order valence-electron chi connectivity index (χ2n) is 7.42. The van der Waals surface area contributed by atoms with E-state index in [0.717, 1.165) is 35.8 Å². The highest BCUT2D eigenvalue weighted by Crippen LogP contribution is 2.26. The number of fused-ring (bicyclic) bond motifs is 1. The van der Waals surface area contributed by atoms with Crippen LogP contribution in [0, 0.1) is 0 Å². The summed E-state index contributed by atoms with van der Waals surface area (Å²) in [7, 11) is 0. The van der Waals surface area contributed by atoms with Crippen molar-refractivity contribution in [3.63, 3.8) is 0 Å². The summed E-state index contributed by atoms with van der Waals surface area (Å²) in [5.74, 6) is -0.0278. The Morgan fingerprint density at radius 3 is 2.65 bits per heavy atom. The third kappa shape index (κ3) is 4.06. The van der Waals surface area contributed by atoms with E-state index in [-0.39, 0.29) is 5.91 Å². The molecule has 3 aromatic heterocycles. The predicted octanol–water partition coefficient (Wildman–Crippen LogP) is 4.72. The van der Waals surface area contributed by atoms with E-state index in [9.17, 15) is 4.79 Å². The largest absolute Gasteiger partial charge is 0.336 e. The van der Waals surface area contributed by atoms with E-state index >= 15 is 0 Å². The van der Waals surface area contributed by atoms with Crippen molar-refractivity contribution in [2.75, 3.05) is 26.2 Å². The summed E-state index contributed by atoms with van der Waals surface area (Å²) in [6.07, 6.45) is 3.36. The van der Waals surface area contributed by atoms with E-state index in [1.807, 2.05) is 46.7 Å². The molecule has 4 heterocycles. The molecule has 1 amide bonds. The molecule has 0 N–H and O–H groups in total. The fourth-order valence-corrected chi connectivity index (χ4v) is 4.89. The highest BCUT2D eigenvalue weighted by atomic mass is 35.5. The van der Waals surface area contributed by atoms with Gasteiger partial charge in [-0.25, -0.2) is 9.50 Å². The molecule has 0 aliphatic carbocycles. The van der Waals surface area contributed by atoms with Crippen molar-refractivity contribution < 1.29 is 4.79 Å². The minimum Gasteiger partial charge on any atom is -0.336 e. The molecule has 0 atom stereocenters. The summed E-state index contributed by atoms with van der Waals surface area (Å²) in [5.41, 5.74) is 3.18. The molecule has 0 saturated carbocycles. The third-order valence-electron chi connectivity index (χ3n) is 5.45. The van der Waals surface area contributed by atoms with Gasteiger partial charge in [-0.1, -0.05) is 35.3 Å². The Kier molecular flexibility index (Phi) is 5.67. The van der Waals surface area contributed by atoms with Gasteiger partial charge < -0.3 is 4.90 Å². The van der Waals surface area contributed by atoms with Gasteiger partial charge in [0.1, 0.15) is 5.56 Å². The van der Waals surface area contributed by atoms with Crippen LogP contribution in [0.15, 0.2) is 54.2 Å². The number of carbonyl (C=O) groups excluding carboxylic acids is 1. The van der Waals surface area contributed by atoms with Crippen molar-refractivity contribution in [3.05, 3.63) is 75.3 Å². The normalized spacial score (nSPS) is 15.0. The summed E-state index contributed by atoms with van der Waals surface area (Å²) in [6.45, 7) is 3.67. The number of hydrogen-bond donors (Lipinski definition) is 0. The van der Waals surface area contributed by atoms with Gasteiger partial charge in [-0.05, 0) is 35.2 Å². The Morgan fingerprint density at radius 1 is 1.06 bits per heavy atom. The Balaban J connectivity index is 1.29. The molecule has 0 spiro atoms. The molecule has 1 saturated heterocycles. The van der Waals surface area contributed by atoms with Gasteiger partial charge in [-0.3, -0.25) is 9.69 Å². The summed E-state index contributed by atoms with van der Waals surface area (Å²) < 4.78 is 1.75. The Labute approximate surface area is 193 Å². The lowest BCUT2D eigenvalue weighted by molar-refractivity contribution is 0.0630. The van der Waals surface area contributed by atoms with Gasteiger partial charge >= 0.3 is 0 Å². The zero-order valence-corrected chi connectivity index (χ0v) is 18.9. The maximum Gasteiger partial charge on any atom is 0.259 e. The van der Waals surface area contributed by atoms with Crippen molar-refractivity contribution in [3.8, 4) is 10.6 Å². The molecule has 158 valence electrons. The first-order valence-corrected chi connectivity index (χ1v) is 11.6. The zero-order valence-electron chi connectivity index (χ0n) is 16.5. The minimum absolute atomic E-state index is 0.0278. The van der Waals surface area contributed by atoms with Gasteiger partial charge in [0.15, 0.2) is 5.65 Å². The number of piperazine rings is 1. The highest BCUT2D eigenvalue weighted by molar-refractivity contribution is 7.13. The molecule has 0 unspecified atom stereocenters. The second kappa shape index (κ2) is 8.59. The van der Waals surface area contributed by atoms with Gasteiger partial charge in [-0.15, -0.1) is 11.3 Å². The molecule has 6 nitrogen and oxygen atoms in total. The van der Waals surface area contributed by atoms with Crippen LogP contribution in [0.5, 0.6) is 0 Å². The Morgan fingerprint density at radius 2 is 1.90 bits per heavy atom. The van der Waals surface area contributed by atoms with Crippen LogP contribution < -0.4 is 0 Å². The number of rotatable bonds is 4. The molecule has 31 heavy (non-hydrogen) atoms. The summed E-state index contributed by atoms with van der Waals surface area (Å²) >= 11 is 13.8. The molecule has 1 aliphatic rings. The second-order valence-corrected chi connectivity index (χ2v) is 9.18. The number of hydrogen-bond acceptors (Lipinski definition) is 5. The molecular formula is C22H19Cl2N5OS. The predicted molar refractivity (Wildman–Crippen MR) is 124 cm³/mol. The van der Waals surface area contributed by atoms with Gasteiger partial charge in [0.25, 0.3) is 5.91 Å². The smallest absolute Gasteiger partial charge is 0.259 e. The van der Waals surface area contributed by atoms with Crippen molar-refractivity contribution in [1.29, 1.82) is 0 Å². The lowest BCUT2D eigenvalue weighted by atomic mass is 10.2. The average Bonchev–Trinajstić information content (AvgIpc) is 3.46. The van der Waals surface area contributed by atoms with E-state index in [4.69, 9.17) is 23.2 Å². The average molecular weight is 472 g/mol. The SMILES string of the molecule is O=C(c1cnn2c(-c3cccs3)ccnc12)N1CCN(Cc2ccc(Cl)c(Cl)c2)CC1. The highest BCUT2D eigenvalue weighted by Gasteiger charge is 2.25. The van der Waals surface area contributed by atoms with E-state index < -0.39 is 0 Å². The van der Waals surface area contributed by atoms with Gasteiger partial charge in [-0.2, -0.15) is 5.10 Å². The van der Waals surface area contributed by atoms with Crippen molar-refractivity contribution >= 4 is 46.1 Å². The molecule has 4 aromatic rings. The summed E-state index contributed by atoms with van der Waals surface area (Å²) in [6, 6.07) is 11.7. The van der Waals surface area contributed by atoms with Gasteiger partial charge in [0.2, 0.25) is 0 Å². The molecule has 1 aliphatic heterocycles. The lowest BCUT2D eigenvalue weighted by Crippen LogP contribution is -2.48. The molecule has 1 fully saturated rings. The van der Waals surface area contributed by atoms with Gasteiger partial charge in [0, 0.05) is 38.9 Å². The molecule has 5 rings (SSSR count).